The molecule has 4 nitrogen and oxygen atoms in total. The molecular formula is C17H28N2O2. The highest BCUT2D eigenvalue weighted by Gasteiger charge is 2.24. The van der Waals surface area contributed by atoms with Crippen molar-refractivity contribution in [3.05, 3.63) is 23.8 Å². The predicted octanol–water partition coefficient (Wildman–Crippen LogP) is 2.84. The summed E-state index contributed by atoms with van der Waals surface area (Å²) in [4.78, 5) is 2.48. The predicted molar refractivity (Wildman–Crippen MR) is 86.2 cm³/mol. The molecule has 0 bridgehead atoms. The van der Waals surface area contributed by atoms with Crippen LogP contribution in [0.25, 0.3) is 0 Å². The molecule has 0 radical (unpaired) electrons. The van der Waals surface area contributed by atoms with E-state index in [0.29, 0.717) is 12.1 Å². The average Bonchev–Trinajstić information content (AvgIpc) is 2.82. The van der Waals surface area contributed by atoms with Crippen LogP contribution in [0.4, 0.5) is 0 Å². The summed E-state index contributed by atoms with van der Waals surface area (Å²) < 4.78 is 10.9. The Labute approximate surface area is 128 Å². The van der Waals surface area contributed by atoms with E-state index >= 15 is 0 Å². The number of ether oxygens (including phenoxy) is 2. The Kier molecular flexibility index (Phi) is 5.88. The number of rotatable bonds is 5. The number of methoxy groups -OCH3 is 2. The van der Waals surface area contributed by atoms with Crippen LogP contribution in [0.1, 0.15) is 37.8 Å². The number of benzene rings is 1. The van der Waals surface area contributed by atoms with Crippen molar-refractivity contribution in [1.82, 2.24) is 10.2 Å². The third-order valence-corrected chi connectivity index (χ3v) is 4.62. The molecule has 0 aromatic heterocycles. The van der Waals surface area contributed by atoms with Crippen LogP contribution in [0.2, 0.25) is 0 Å². The van der Waals surface area contributed by atoms with Gasteiger partial charge in [-0.25, -0.2) is 0 Å². The number of nitrogens with one attached hydrogen (secondary N) is 1. The molecule has 1 heterocycles. The highest BCUT2D eigenvalue weighted by atomic mass is 16.5. The summed E-state index contributed by atoms with van der Waals surface area (Å²) in [6, 6.07) is 6.95. The van der Waals surface area contributed by atoms with E-state index in [2.05, 4.69) is 30.3 Å². The van der Waals surface area contributed by atoms with E-state index in [1.807, 2.05) is 12.1 Å². The van der Waals surface area contributed by atoms with Gasteiger partial charge in [-0.1, -0.05) is 0 Å². The molecule has 0 spiro atoms. The normalized spacial score (nSPS) is 20.9. The maximum absolute atomic E-state index is 5.53. The van der Waals surface area contributed by atoms with Crippen molar-refractivity contribution in [3.8, 4) is 11.5 Å². The summed E-state index contributed by atoms with van der Waals surface area (Å²) in [6.07, 6.45) is 3.70. The van der Waals surface area contributed by atoms with Crippen LogP contribution in [-0.4, -0.2) is 45.3 Å². The van der Waals surface area contributed by atoms with Crippen molar-refractivity contribution in [1.29, 1.82) is 0 Å². The van der Waals surface area contributed by atoms with Crippen LogP contribution in [0.5, 0.6) is 11.5 Å². The van der Waals surface area contributed by atoms with Gasteiger partial charge in [0.15, 0.2) is 0 Å². The quantitative estimate of drug-likeness (QED) is 0.905. The van der Waals surface area contributed by atoms with Gasteiger partial charge in [-0.3, -0.25) is 4.90 Å². The van der Waals surface area contributed by atoms with Gasteiger partial charge in [-0.15, -0.1) is 0 Å². The molecule has 0 saturated carbocycles. The lowest BCUT2D eigenvalue weighted by Crippen LogP contribution is -2.34. The summed E-state index contributed by atoms with van der Waals surface area (Å²) in [5.74, 6) is 1.82. The van der Waals surface area contributed by atoms with Crippen molar-refractivity contribution in [2.45, 2.75) is 38.3 Å². The van der Waals surface area contributed by atoms with E-state index in [0.717, 1.165) is 24.6 Å². The van der Waals surface area contributed by atoms with Crippen molar-refractivity contribution in [2.24, 2.45) is 0 Å². The van der Waals surface area contributed by atoms with E-state index in [-0.39, 0.29) is 0 Å². The SMILES string of the molecule is COc1ccc(OC)c(C(C)N(C)C2CCCNCC2)c1. The zero-order valence-electron chi connectivity index (χ0n) is 13.7. The number of nitrogens with zero attached hydrogens (tertiary/aromatic N) is 1. The maximum Gasteiger partial charge on any atom is 0.123 e. The molecule has 2 unspecified atom stereocenters. The molecule has 0 aliphatic carbocycles. The van der Waals surface area contributed by atoms with Gasteiger partial charge < -0.3 is 14.8 Å². The third-order valence-electron chi connectivity index (χ3n) is 4.62. The Balaban J connectivity index is 2.18. The van der Waals surface area contributed by atoms with Gasteiger partial charge in [-0.05, 0) is 64.5 Å². The fourth-order valence-corrected chi connectivity index (χ4v) is 3.11. The largest absolute Gasteiger partial charge is 0.497 e. The second-order valence-electron chi connectivity index (χ2n) is 5.78. The fourth-order valence-electron chi connectivity index (χ4n) is 3.11. The first-order valence-electron chi connectivity index (χ1n) is 7.82. The van der Waals surface area contributed by atoms with Crippen molar-refractivity contribution in [2.75, 3.05) is 34.4 Å². The molecule has 0 amide bonds. The number of hydrogen-bond donors (Lipinski definition) is 1. The van der Waals surface area contributed by atoms with Gasteiger partial charge in [0.25, 0.3) is 0 Å². The van der Waals surface area contributed by atoms with Crippen LogP contribution >= 0.6 is 0 Å². The van der Waals surface area contributed by atoms with Gasteiger partial charge >= 0.3 is 0 Å². The monoisotopic (exact) mass is 292 g/mol. The molecule has 1 aromatic carbocycles. The van der Waals surface area contributed by atoms with E-state index in [9.17, 15) is 0 Å². The van der Waals surface area contributed by atoms with Gasteiger partial charge in [0.2, 0.25) is 0 Å². The standard InChI is InChI=1S/C17H28N2O2/c1-13(19(2)14-6-5-10-18-11-9-14)16-12-15(20-3)7-8-17(16)21-4/h7-8,12-14,18H,5-6,9-11H2,1-4H3. The molecule has 21 heavy (non-hydrogen) atoms. The molecule has 1 aromatic rings. The molecule has 118 valence electrons. The molecule has 1 N–H and O–H groups in total. The van der Waals surface area contributed by atoms with Gasteiger partial charge in [0, 0.05) is 17.6 Å². The van der Waals surface area contributed by atoms with E-state index in [4.69, 9.17) is 9.47 Å². The Hall–Kier alpha value is -1.26. The van der Waals surface area contributed by atoms with E-state index < -0.39 is 0 Å². The van der Waals surface area contributed by atoms with Crippen LogP contribution < -0.4 is 14.8 Å². The first kappa shape index (κ1) is 16.1. The summed E-state index contributed by atoms with van der Waals surface area (Å²) in [7, 11) is 5.66. The second-order valence-corrected chi connectivity index (χ2v) is 5.78. The zero-order valence-corrected chi connectivity index (χ0v) is 13.7. The summed E-state index contributed by atoms with van der Waals surface area (Å²) in [5.41, 5.74) is 1.19. The van der Waals surface area contributed by atoms with Crippen LogP contribution in [0.3, 0.4) is 0 Å². The molecular weight excluding hydrogens is 264 g/mol. The van der Waals surface area contributed by atoms with Gasteiger partial charge in [0.1, 0.15) is 11.5 Å². The van der Waals surface area contributed by atoms with E-state index in [1.54, 1.807) is 14.2 Å². The first-order chi connectivity index (χ1) is 10.2. The molecule has 1 fully saturated rings. The Bertz CT molecular complexity index is 442. The van der Waals surface area contributed by atoms with Gasteiger partial charge in [-0.2, -0.15) is 0 Å². The molecule has 4 heteroatoms. The summed E-state index contributed by atoms with van der Waals surface area (Å²) >= 11 is 0. The van der Waals surface area contributed by atoms with Crippen LogP contribution in [0.15, 0.2) is 18.2 Å². The van der Waals surface area contributed by atoms with Crippen molar-refractivity contribution in [3.63, 3.8) is 0 Å². The molecule has 2 atom stereocenters. The lowest BCUT2D eigenvalue weighted by molar-refractivity contribution is 0.168. The third kappa shape index (κ3) is 3.89. The zero-order chi connectivity index (χ0) is 15.2. The van der Waals surface area contributed by atoms with E-state index in [1.165, 1.54) is 24.8 Å². The second kappa shape index (κ2) is 7.66. The van der Waals surface area contributed by atoms with Crippen LogP contribution in [-0.2, 0) is 0 Å². The minimum atomic E-state index is 0.304. The fraction of sp³-hybridized carbons (Fsp3) is 0.647. The van der Waals surface area contributed by atoms with Gasteiger partial charge in [0.05, 0.1) is 14.2 Å². The Morgan fingerprint density at radius 3 is 2.71 bits per heavy atom. The minimum Gasteiger partial charge on any atom is -0.497 e. The minimum absolute atomic E-state index is 0.304. The average molecular weight is 292 g/mol. The summed E-state index contributed by atoms with van der Waals surface area (Å²) in [5, 5.41) is 3.48. The Morgan fingerprint density at radius 1 is 1.19 bits per heavy atom. The Morgan fingerprint density at radius 2 is 2.00 bits per heavy atom. The highest BCUT2D eigenvalue weighted by molar-refractivity contribution is 5.42. The smallest absolute Gasteiger partial charge is 0.123 e. The molecule has 1 aliphatic rings. The topological polar surface area (TPSA) is 33.7 Å². The maximum atomic E-state index is 5.53. The van der Waals surface area contributed by atoms with Crippen molar-refractivity contribution >= 4 is 0 Å². The first-order valence-corrected chi connectivity index (χ1v) is 7.82. The van der Waals surface area contributed by atoms with Crippen LogP contribution in [0, 0.1) is 0 Å². The number of hydrogen-bond acceptors (Lipinski definition) is 4. The molecule has 1 aliphatic heterocycles. The lowest BCUT2D eigenvalue weighted by atomic mass is 10.0. The lowest BCUT2D eigenvalue weighted by Gasteiger charge is -2.33. The highest BCUT2D eigenvalue weighted by Crippen LogP contribution is 2.33. The molecule has 2 rings (SSSR count). The molecule has 1 saturated heterocycles. The summed E-state index contributed by atoms with van der Waals surface area (Å²) in [6.45, 7) is 4.49. The van der Waals surface area contributed by atoms with Crippen molar-refractivity contribution < 1.29 is 9.47 Å².